The number of likely N-dealkylation sites (N-methyl/N-ethyl adjacent to an activating group) is 1. The normalized spacial score (nSPS) is 12.4. The summed E-state index contributed by atoms with van der Waals surface area (Å²) < 4.78 is 27.1. The molecule has 0 aromatic heterocycles. The zero-order chi connectivity index (χ0) is 15.4. The maximum absolute atomic E-state index is 13.7. The van der Waals surface area contributed by atoms with Gasteiger partial charge >= 0.3 is 0 Å². The lowest BCUT2D eigenvalue weighted by Crippen LogP contribution is -2.23. The summed E-state index contributed by atoms with van der Waals surface area (Å²) in [7, 11) is 0. The van der Waals surface area contributed by atoms with Gasteiger partial charge in [-0.15, -0.1) is 0 Å². The van der Waals surface area contributed by atoms with Crippen molar-refractivity contribution in [1.82, 2.24) is 5.32 Å². The van der Waals surface area contributed by atoms with Crippen LogP contribution in [0.3, 0.4) is 0 Å². The van der Waals surface area contributed by atoms with Gasteiger partial charge in [0, 0.05) is 11.1 Å². The molecule has 21 heavy (non-hydrogen) atoms. The second kappa shape index (κ2) is 7.34. The highest BCUT2D eigenvalue weighted by molar-refractivity contribution is 9.10. The van der Waals surface area contributed by atoms with Gasteiger partial charge in [0.1, 0.15) is 0 Å². The molecule has 0 radical (unpaired) electrons. The molecule has 1 nitrogen and oxygen atoms in total. The minimum absolute atomic E-state index is 0.111. The van der Waals surface area contributed by atoms with Crippen LogP contribution in [0, 0.1) is 11.6 Å². The van der Waals surface area contributed by atoms with Gasteiger partial charge in [-0.05, 0) is 58.2 Å². The van der Waals surface area contributed by atoms with Gasteiger partial charge in [-0.2, -0.15) is 0 Å². The molecule has 5 heteroatoms. The van der Waals surface area contributed by atoms with Crippen LogP contribution in [-0.2, 0) is 6.42 Å². The van der Waals surface area contributed by atoms with Crippen LogP contribution in [0.15, 0.2) is 40.9 Å². The first-order valence-corrected chi connectivity index (χ1v) is 7.81. The highest BCUT2D eigenvalue weighted by atomic mass is 79.9. The highest BCUT2D eigenvalue weighted by Crippen LogP contribution is 2.30. The summed E-state index contributed by atoms with van der Waals surface area (Å²) in [5, 5.41) is 3.97. The number of hydrogen-bond acceptors (Lipinski definition) is 1. The second-order valence-electron chi connectivity index (χ2n) is 4.71. The second-order valence-corrected chi connectivity index (χ2v) is 5.93. The van der Waals surface area contributed by atoms with Crippen molar-refractivity contribution in [3.05, 3.63) is 68.7 Å². The Morgan fingerprint density at radius 2 is 1.81 bits per heavy atom. The zero-order valence-electron chi connectivity index (χ0n) is 11.5. The predicted molar refractivity (Wildman–Crippen MR) is 85.6 cm³/mol. The van der Waals surface area contributed by atoms with E-state index in [1.165, 1.54) is 0 Å². The van der Waals surface area contributed by atoms with Gasteiger partial charge in [-0.3, -0.25) is 0 Å². The maximum atomic E-state index is 13.7. The first kappa shape index (κ1) is 16.4. The van der Waals surface area contributed by atoms with E-state index in [4.69, 9.17) is 11.6 Å². The number of nitrogens with one attached hydrogen (secondary N) is 1. The Hall–Kier alpha value is -0.970. The molecule has 0 spiro atoms. The van der Waals surface area contributed by atoms with Gasteiger partial charge in [0.25, 0.3) is 0 Å². The van der Waals surface area contributed by atoms with E-state index in [9.17, 15) is 8.78 Å². The van der Waals surface area contributed by atoms with Crippen LogP contribution in [0.4, 0.5) is 8.78 Å². The van der Waals surface area contributed by atoms with Crippen LogP contribution in [0.25, 0.3) is 0 Å². The van der Waals surface area contributed by atoms with Gasteiger partial charge in [-0.1, -0.05) is 36.7 Å². The molecule has 0 amide bonds. The summed E-state index contributed by atoms with van der Waals surface area (Å²) in [6, 6.07) is 10.1. The lowest BCUT2D eigenvalue weighted by molar-refractivity contribution is 0.491. The molecule has 112 valence electrons. The van der Waals surface area contributed by atoms with Crippen molar-refractivity contribution in [1.29, 1.82) is 0 Å². The number of hydrogen-bond donors (Lipinski definition) is 1. The van der Waals surface area contributed by atoms with E-state index in [1.807, 2.05) is 31.2 Å². The van der Waals surface area contributed by atoms with Crippen LogP contribution in [0.2, 0.25) is 5.02 Å². The van der Waals surface area contributed by atoms with Crippen molar-refractivity contribution in [2.45, 2.75) is 19.4 Å². The van der Waals surface area contributed by atoms with Crippen molar-refractivity contribution in [3.63, 3.8) is 0 Å². The zero-order valence-corrected chi connectivity index (χ0v) is 13.8. The Bertz CT molecular complexity index is 616. The van der Waals surface area contributed by atoms with Crippen molar-refractivity contribution < 1.29 is 8.78 Å². The molecule has 0 aliphatic carbocycles. The largest absolute Gasteiger partial charge is 0.310 e. The molecule has 0 aliphatic rings. The monoisotopic (exact) mass is 373 g/mol. The van der Waals surface area contributed by atoms with Crippen molar-refractivity contribution >= 4 is 27.5 Å². The Labute approximate surface area is 136 Å². The molecule has 0 aliphatic heterocycles. The molecule has 0 heterocycles. The standard InChI is InChI=1S/C16H15BrClF2N/c1-2-21-14(9-10-3-5-11(18)6-4-10)12-7-8-13(19)16(20)15(12)17/h3-8,14,21H,2,9H2,1H3. The van der Waals surface area contributed by atoms with Gasteiger partial charge in [0.05, 0.1) is 4.47 Å². The summed E-state index contributed by atoms with van der Waals surface area (Å²) in [5.74, 6) is -1.71. The lowest BCUT2D eigenvalue weighted by atomic mass is 9.98. The molecular formula is C16H15BrClF2N. The van der Waals surface area contributed by atoms with Crippen LogP contribution in [0.1, 0.15) is 24.1 Å². The number of rotatable bonds is 5. The molecule has 0 saturated carbocycles. The average Bonchev–Trinajstić information content (AvgIpc) is 2.47. The SMILES string of the molecule is CCNC(Cc1ccc(Cl)cc1)c1ccc(F)c(F)c1Br. The maximum Gasteiger partial charge on any atom is 0.173 e. The van der Waals surface area contributed by atoms with E-state index in [2.05, 4.69) is 21.2 Å². The summed E-state index contributed by atoms with van der Waals surface area (Å²) in [5.41, 5.74) is 1.77. The smallest absolute Gasteiger partial charge is 0.173 e. The number of halogens is 4. The molecule has 0 saturated heterocycles. The van der Waals surface area contributed by atoms with E-state index in [-0.39, 0.29) is 10.5 Å². The lowest BCUT2D eigenvalue weighted by Gasteiger charge is -2.20. The van der Waals surface area contributed by atoms with Crippen molar-refractivity contribution in [3.8, 4) is 0 Å². The third kappa shape index (κ3) is 4.02. The summed E-state index contributed by atoms with van der Waals surface area (Å²) in [4.78, 5) is 0. The quantitative estimate of drug-likeness (QED) is 0.703. The van der Waals surface area contributed by atoms with E-state index < -0.39 is 11.6 Å². The molecule has 0 fully saturated rings. The molecule has 2 aromatic carbocycles. The summed E-state index contributed by atoms with van der Waals surface area (Å²) in [6.45, 7) is 2.70. The summed E-state index contributed by atoms with van der Waals surface area (Å²) in [6.07, 6.45) is 0.661. The van der Waals surface area contributed by atoms with E-state index in [0.717, 1.165) is 18.2 Å². The molecule has 0 bridgehead atoms. The fraction of sp³-hybridized carbons (Fsp3) is 0.250. The Morgan fingerprint density at radius 1 is 1.14 bits per heavy atom. The number of benzene rings is 2. The van der Waals surface area contributed by atoms with E-state index in [0.29, 0.717) is 17.0 Å². The average molecular weight is 375 g/mol. The molecule has 1 atom stereocenters. The van der Waals surface area contributed by atoms with Crippen LogP contribution >= 0.6 is 27.5 Å². The highest BCUT2D eigenvalue weighted by Gasteiger charge is 2.19. The molecular weight excluding hydrogens is 360 g/mol. The Balaban J connectivity index is 2.30. The Kier molecular flexibility index (Phi) is 5.73. The fourth-order valence-electron chi connectivity index (χ4n) is 2.20. The molecule has 2 rings (SSSR count). The third-order valence-corrected chi connectivity index (χ3v) is 4.30. The van der Waals surface area contributed by atoms with Crippen LogP contribution in [0.5, 0.6) is 0 Å². The van der Waals surface area contributed by atoms with Crippen LogP contribution in [-0.4, -0.2) is 6.54 Å². The van der Waals surface area contributed by atoms with Gasteiger partial charge < -0.3 is 5.32 Å². The minimum atomic E-state index is -0.855. The first-order valence-electron chi connectivity index (χ1n) is 6.64. The fourth-order valence-corrected chi connectivity index (χ4v) is 2.93. The summed E-state index contributed by atoms with van der Waals surface area (Å²) >= 11 is 9.03. The topological polar surface area (TPSA) is 12.0 Å². The van der Waals surface area contributed by atoms with E-state index >= 15 is 0 Å². The van der Waals surface area contributed by atoms with Gasteiger partial charge in [-0.25, -0.2) is 8.78 Å². The first-order chi connectivity index (χ1) is 10.0. The molecule has 1 unspecified atom stereocenters. The van der Waals surface area contributed by atoms with Crippen molar-refractivity contribution in [2.75, 3.05) is 6.54 Å². The minimum Gasteiger partial charge on any atom is -0.310 e. The predicted octanol–water partition coefficient (Wildman–Crippen LogP) is 5.27. The van der Waals surface area contributed by atoms with Crippen LogP contribution < -0.4 is 5.32 Å². The van der Waals surface area contributed by atoms with Crippen molar-refractivity contribution in [2.24, 2.45) is 0 Å². The Morgan fingerprint density at radius 3 is 2.43 bits per heavy atom. The van der Waals surface area contributed by atoms with Gasteiger partial charge in [0.2, 0.25) is 0 Å². The molecule has 1 N–H and O–H groups in total. The van der Waals surface area contributed by atoms with Gasteiger partial charge in [0.15, 0.2) is 11.6 Å². The molecule has 2 aromatic rings. The third-order valence-electron chi connectivity index (χ3n) is 3.24. The van der Waals surface area contributed by atoms with E-state index in [1.54, 1.807) is 6.07 Å².